The third kappa shape index (κ3) is 2.04. The summed E-state index contributed by atoms with van der Waals surface area (Å²) in [6, 6.07) is 0. The normalized spacial score (nSPS) is 37.8. The highest BCUT2D eigenvalue weighted by atomic mass is 14.7. The molecule has 0 heterocycles. The summed E-state index contributed by atoms with van der Waals surface area (Å²) in [6.07, 6.45) is 6.11. The van der Waals surface area contributed by atoms with Crippen molar-refractivity contribution in [3.05, 3.63) is 0 Å². The SMILES string of the molecule is [B]C([B])(CC1CC2CCC1(C)C2(C)C)C(C)(C)CC. The van der Waals surface area contributed by atoms with Crippen LogP contribution in [0.15, 0.2) is 0 Å². The van der Waals surface area contributed by atoms with Gasteiger partial charge in [-0.1, -0.05) is 59.6 Å². The van der Waals surface area contributed by atoms with Crippen molar-refractivity contribution in [2.75, 3.05) is 0 Å². The lowest BCUT2D eigenvalue weighted by atomic mass is 9.39. The molecule has 2 bridgehead atoms. The molecule has 0 saturated heterocycles. The zero-order valence-electron chi connectivity index (χ0n) is 13.8. The first-order chi connectivity index (χ1) is 8.48. The second-order valence-electron chi connectivity index (χ2n) is 8.79. The lowest BCUT2D eigenvalue weighted by molar-refractivity contribution is 0.0841. The van der Waals surface area contributed by atoms with Gasteiger partial charge in [-0.25, -0.2) is 0 Å². The summed E-state index contributed by atoms with van der Waals surface area (Å²) in [4.78, 5) is 0. The molecule has 0 spiro atoms. The highest BCUT2D eigenvalue weighted by molar-refractivity contribution is 6.40. The van der Waals surface area contributed by atoms with E-state index in [9.17, 15) is 0 Å². The Hall–Kier alpha value is 0.130. The van der Waals surface area contributed by atoms with E-state index in [2.05, 4.69) is 41.5 Å². The quantitative estimate of drug-likeness (QED) is 0.638. The first kappa shape index (κ1) is 15.5. The Morgan fingerprint density at radius 2 is 1.74 bits per heavy atom. The average molecular weight is 256 g/mol. The molecule has 2 fully saturated rings. The molecule has 3 unspecified atom stereocenters. The van der Waals surface area contributed by atoms with Gasteiger partial charge in [-0.15, -0.1) is 0 Å². The maximum atomic E-state index is 6.54. The Bertz CT molecular complexity index is 356. The van der Waals surface area contributed by atoms with E-state index in [4.69, 9.17) is 15.7 Å². The summed E-state index contributed by atoms with van der Waals surface area (Å²) in [6.45, 7) is 14.0. The van der Waals surface area contributed by atoms with E-state index >= 15 is 0 Å². The smallest absolute Gasteiger partial charge is 0.0627 e. The van der Waals surface area contributed by atoms with E-state index in [1.54, 1.807) is 0 Å². The summed E-state index contributed by atoms with van der Waals surface area (Å²) in [7, 11) is 13.1. The van der Waals surface area contributed by atoms with Crippen molar-refractivity contribution in [3.8, 4) is 0 Å². The molecular weight excluding hydrogens is 226 g/mol. The highest BCUT2D eigenvalue weighted by Crippen LogP contribution is 2.70. The van der Waals surface area contributed by atoms with Crippen LogP contribution in [0, 0.1) is 28.1 Å². The molecule has 19 heavy (non-hydrogen) atoms. The minimum Gasteiger partial charge on any atom is -0.0938 e. The predicted molar refractivity (Wildman–Crippen MR) is 85.6 cm³/mol. The molecule has 0 N–H and O–H groups in total. The van der Waals surface area contributed by atoms with Gasteiger partial charge in [0.1, 0.15) is 0 Å². The lowest BCUT2D eigenvalue weighted by Gasteiger charge is -2.48. The van der Waals surface area contributed by atoms with Crippen LogP contribution in [0.4, 0.5) is 0 Å². The van der Waals surface area contributed by atoms with Crippen LogP contribution in [0.2, 0.25) is 5.21 Å². The third-order valence-electron chi connectivity index (χ3n) is 7.70. The number of fused-ring (bicyclic) bond motifs is 2. The predicted octanol–water partition coefficient (Wildman–Crippen LogP) is 4.73. The van der Waals surface area contributed by atoms with E-state index < -0.39 is 5.21 Å². The van der Waals surface area contributed by atoms with Crippen molar-refractivity contribution in [2.24, 2.45) is 28.1 Å². The van der Waals surface area contributed by atoms with Gasteiger partial charge in [0.05, 0.1) is 15.7 Å². The number of rotatable bonds is 4. The zero-order valence-corrected chi connectivity index (χ0v) is 13.8. The Morgan fingerprint density at radius 3 is 2.11 bits per heavy atom. The molecule has 3 atom stereocenters. The average Bonchev–Trinajstić information content (AvgIpc) is 2.61. The summed E-state index contributed by atoms with van der Waals surface area (Å²) in [5.74, 6) is 1.57. The molecule has 2 heteroatoms. The second kappa shape index (κ2) is 4.31. The number of hydrogen-bond donors (Lipinski definition) is 0. The van der Waals surface area contributed by atoms with Gasteiger partial charge >= 0.3 is 0 Å². The molecule has 104 valence electrons. The lowest BCUT2D eigenvalue weighted by Crippen LogP contribution is -2.39. The minimum atomic E-state index is -0.546. The van der Waals surface area contributed by atoms with Gasteiger partial charge in [-0.05, 0) is 47.3 Å². The van der Waals surface area contributed by atoms with Crippen LogP contribution in [0.25, 0.3) is 0 Å². The molecule has 0 aromatic rings. The van der Waals surface area contributed by atoms with E-state index in [-0.39, 0.29) is 5.41 Å². The van der Waals surface area contributed by atoms with Crippen LogP contribution in [-0.2, 0) is 0 Å². The molecule has 0 aromatic heterocycles. The summed E-state index contributed by atoms with van der Waals surface area (Å²) in [5.41, 5.74) is 0.908. The monoisotopic (exact) mass is 256 g/mol. The molecule has 2 saturated carbocycles. The second-order valence-corrected chi connectivity index (χ2v) is 8.79. The van der Waals surface area contributed by atoms with Gasteiger partial charge in [0.2, 0.25) is 0 Å². The number of hydrogen-bond acceptors (Lipinski definition) is 0. The standard InChI is InChI=1S/C17H30B2/c1-7-14(2,3)17(18,19)11-13-10-12-8-9-16(13,6)15(12,4)5/h12-13H,7-11H2,1-6H3. The van der Waals surface area contributed by atoms with Crippen molar-refractivity contribution >= 4 is 15.7 Å². The fourth-order valence-corrected chi connectivity index (χ4v) is 4.69. The Kier molecular flexibility index (Phi) is 3.52. The van der Waals surface area contributed by atoms with Crippen molar-refractivity contribution < 1.29 is 0 Å². The van der Waals surface area contributed by atoms with Gasteiger partial charge in [0.15, 0.2) is 0 Å². The van der Waals surface area contributed by atoms with Gasteiger partial charge in [0.25, 0.3) is 0 Å². The molecule has 0 nitrogen and oxygen atoms in total. The van der Waals surface area contributed by atoms with Crippen LogP contribution in [0.3, 0.4) is 0 Å². The van der Waals surface area contributed by atoms with E-state index in [1.807, 2.05) is 0 Å². The van der Waals surface area contributed by atoms with Gasteiger partial charge in [-0.2, -0.15) is 0 Å². The fraction of sp³-hybridized carbons (Fsp3) is 1.00. The van der Waals surface area contributed by atoms with Gasteiger partial charge in [0, 0.05) is 0 Å². The largest absolute Gasteiger partial charge is 0.0938 e. The van der Waals surface area contributed by atoms with Crippen LogP contribution in [-0.4, -0.2) is 15.7 Å². The molecule has 0 aliphatic heterocycles. The first-order valence-corrected chi connectivity index (χ1v) is 8.06. The first-order valence-electron chi connectivity index (χ1n) is 8.06. The zero-order chi connectivity index (χ0) is 14.7. The van der Waals surface area contributed by atoms with Crippen LogP contribution in [0.5, 0.6) is 0 Å². The van der Waals surface area contributed by atoms with E-state index in [1.165, 1.54) is 19.3 Å². The van der Waals surface area contributed by atoms with Crippen molar-refractivity contribution in [3.63, 3.8) is 0 Å². The molecule has 0 aromatic carbocycles. The van der Waals surface area contributed by atoms with E-state index in [0.29, 0.717) is 16.7 Å². The van der Waals surface area contributed by atoms with Crippen molar-refractivity contribution in [2.45, 2.75) is 78.9 Å². The molecule has 2 aliphatic carbocycles. The fourth-order valence-electron chi connectivity index (χ4n) is 4.69. The topological polar surface area (TPSA) is 0 Å². The Balaban J connectivity index is 2.19. The highest BCUT2D eigenvalue weighted by Gasteiger charge is 2.61. The van der Waals surface area contributed by atoms with Crippen LogP contribution >= 0.6 is 0 Å². The third-order valence-corrected chi connectivity index (χ3v) is 7.70. The Labute approximate surface area is 123 Å². The van der Waals surface area contributed by atoms with Crippen molar-refractivity contribution in [1.82, 2.24) is 0 Å². The van der Waals surface area contributed by atoms with E-state index in [0.717, 1.165) is 18.8 Å². The maximum Gasteiger partial charge on any atom is 0.0627 e. The molecule has 2 aliphatic rings. The maximum absolute atomic E-state index is 6.54. The molecule has 0 amide bonds. The van der Waals surface area contributed by atoms with Crippen molar-refractivity contribution in [1.29, 1.82) is 0 Å². The van der Waals surface area contributed by atoms with Gasteiger partial charge in [-0.3, -0.25) is 0 Å². The minimum absolute atomic E-state index is 0.00926. The molecule has 4 radical (unpaired) electrons. The summed E-state index contributed by atoms with van der Waals surface area (Å²) in [5, 5.41) is -0.546. The summed E-state index contributed by atoms with van der Waals surface area (Å²) < 4.78 is 0. The van der Waals surface area contributed by atoms with Crippen LogP contribution in [0.1, 0.15) is 73.6 Å². The molecule has 2 rings (SSSR count). The van der Waals surface area contributed by atoms with Gasteiger partial charge < -0.3 is 0 Å². The van der Waals surface area contributed by atoms with Crippen LogP contribution < -0.4 is 0 Å². The Morgan fingerprint density at radius 1 is 1.16 bits per heavy atom. The molecular formula is C17H30B2. The summed E-state index contributed by atoms with van der Waals surface area (Å²) >= 11 is 0.